The molecule has 5 heterocycles. The van der Waals surface area contributed by atoms with Crippen molar-refractivity contribution in [2.75, 3.05) is 0 Å². The van der Waals surface area contributed by atoms with Gasteiger partial charge in [0.25, 0.3) is 0 Å². The zero-order valence-corrected chi connectivity index (χ0v) is 27.2. The van der Waals surface area contributed by atoms with Crippen molar-refractivity contribution in [1.82, 2.24) is 19.9 Å². The third kappa shape index (κ3) is 5.29. The summed E-state index contributed by atoms with van der Waals surface area (Å²) in [6.45, 7) is 0. The lowest BCUT2D eigenvalue weighted by molar-refractivity contribution is 0.0997. The molecule has 2 aliphatic heterocycles. The van der Waals surface area contributed by atoms with Gasteiger partial charge < -0.3 is 15.0 Å². The van der Waals surface area contributed by atoms with Gasteiger partial charge in [-0.1, -0.05) is 0 Å². The first-order valence-corrected chi connectivity index (χ1v) is 15.7. The van der Waals surface area contributed by atoms with E-state index in [0.29, 0.717) is 0 Å². The summed E-state index contributed by atoms with van der Waals surface area (Å²) in [7, 11) is 0. The van der Waals surface area contributed by atoms with E-state index in [4.69, 9.17) is 0 Å². The first-order valence-electron chi connectivity index (χ1n) is 15.7. The standard InChI is InChI=1S/C37H11F15N4O/c38-22-19(23(39)29(45)34(50)28(22)44)16-8-1-2-10(53-8)17(20-24(40)30(46)35(51)31(47)25(20)41)11-5-6-13(55-11)37-15(57)7-14(56-37)18(12-4-3-9(16)54-12)21-26(42)32(48)36(52)33(49)27(21)43/h1-6,53-54,56H,7H2. The summed E-state index contributed by atoms with van der Waals surface area (Å²) in [6, 6.07) is 3.23. The van der Waals surface area contributed by atoms with Gasteiger partial charge in [-0.25, -0.2) is 70.8 Å². The van der Waals surface area contributed by atoms with Crippen LogP contribution in [0.3, 0.4) is 0 Å². The number of fused-ring (bicyclic) bond motifs is 9. The molecule has 0 atom stereocenters. The highest BCUT2D eigenvalue weighted by atomic mass is 19.2. The summed E-state index contributed by atoms with van der Waals surface area (Å²) in [5, 5.41) is 0. The number of Topliss-reactive ketones (excluding diaryl/α,β-unsaturated/α-hetero) is 1. The number of nitrogens with one attached hydrogen (secondary N) is 3. The normalized spacial score (nSPS) is 12.7. The average Bonchev–Trinajstić information content (AvgIpc) is 4.03. The van der Waals surface area contributed by atoms with E-state index in [0.717, 1.165) is 36.4 Å². The maximum Gasteiger partial charge on any atom is 0.200 e. The molecule has 6 aromatic rings. The van der Waals surface area contributed by atoms with Crippen molar-refractivity contribution in [3.05, 3.63) is 134 Å². The predicted octanol–water partition coefficient (Wildman–Crippen LogP) is 10.9. The second-order valence-corrected chi connectivity index (χ2v) is 12.3. The second kappa shape index (κ2) is 12.9. The molecule has 0 saturated heterocycles. The third-order valence-electron chi connectivity index (χ3n) is 9.17. The zero-order valence-electron chi connectivity index (χ0n) is 27.2. The Bertz CT molecular complexity index is 2950. The largest absolute Gasteiger partial charge is 0.354 e. The molecule has 2 aliphatic rings. The van der Waals surface area contributed by atoms with Crippen molar-refractivity contribution < 1.29 is 70.7 Å². The van der Waals surface area contributed by atoms with Crippen molar-refractivity contribution in [1.29, 1.82) is 0 Å². The van der Waals surface area contributed by atoms with Crippen LogP contribution in [0.5, 0.6) is 0 Å². The van der Waals surface area contributed by atoms with E-state index in [1.54, 1.807) is 0 Å². The van der Waals surface area contributed by atoms with Crippen LogP contribution in [0.25, 0.3) is 67.6 Å². The molecule has 0 fully saturated rings. The van der Waals surface area contributed by atoms with E-state index in [9.17, 15) is 44.3 Å². The fourth-order valence-corrected chi connectivity index (χ4v) is 6.62. The maximum atomic E-state index is 15.6. The SMILES string of the molecule is O=C1Cc2[nH]c1c1nc(c(-c3c(F)c(F)c(F)c(F)c3F)c3ccc([nH]3)c(-c3c(F)c(F)c(F)c(F)c3F)c3ccc([nH]3)c2-c2c(F)c(F)c(F)c(F)c2F)C=C1. The number of halogens is 15. The number of H-pyrrole nitrogens is 3. The molecule has 0 spiro atoms. The molecule has 3 aromatic heterocycles. The van der Waals surface area contributed by atoms with Crippen molar-refractivity contribution in [2.45, 2.75) is 6.42 Å². The summed E-state index contributed by atoms with van der Waals surface area (Å²) in [5.41, 5.74) is -13.1. The fourth-order valence-electron chi connectivity index (χ4n) is 6.62. The van der Waals surface area contributed by atoms with Crippen LogP contribution in [0.1, 0.15) is 27.6 Å². The summed E-state index contributed by atoms with van der Waals surface area (Å²) < 4.78 is 224. The van der Waals surface area contributed by atoms with Crippen LogP contribution < -0.4 is 0 Å². The number of carbonyl (C=O) groups is 1. The minimum Gasteiger partial charge on any atom is -0.354 e. The van der Waals surface area contributed by atoms with E-state index in [1.807, 2.05) is 0 Å². The number of hydrogen-bond donors (Lipinski definition) is 3. The summed E-state index contributed by atoms with van der Waals surface area (Å²) in [6.07, 6.45) is 0.938. The first-order chi connectivity index (χ1) is 26.9. The van der Waals surface area contributed by atoms with Gasteiger partial charge in [-0.05, 0) is 36.4 Å². The lowest BCUT2D eigenvalue weighted by Gasteiger charge is -2.11. The average molecular weight is 812 g/mol. The number of aromatic amines is 3. The van der Waals surface area contributed by atoms with Gasteiger partial charge in [-0.2, -0.15) is 0 Å². The van der Waals surface area contributed by atoms with Crippen molar-refractivity contribution in [3.63, 3.8) is 0 Å². The molecule has 0 radical (unpaired) electrons. The zero-order chi connectivity index (χ0) is 41.1. The molecule has 8 bridgehead atoms. The molecule has 3 N–H and O–H groups in total. The van der Waals surface area contributed by atoms with Crippen LogP contribution in [0.15, 0.2) is 24.3 Å². The molecular weight excluding hydrogens is 801 g/mol. The van der Waals surface area contributed by atoms with Crippen LogP contribution in [-0.4, -0.2) is 25.7 Å². The van der Waals surface area contributed by atoms with Gasteiger partial charge in [0.1, 0.15) is 5.69 Å². The van der Waals surface area contributed by atoms with Gasteiger partial charge in [-0.15, -0.1) is 0 Å². The van der Waals surface area contributed by atoms with Crippen LogP contribution in [-0.2, 0) is 6.42 Å². The minimum atomic E-state index is -2.62. The molecule has 0 amide bonds. The molecular formula is C37H11F15N4O. The molecule has 20 heteroatoms. The Morgan fingerprint density at radius 1 is 0.368 bits per heavy atom. The van der Waals surface area contributed by atoms with Crippen molar-refractivity contribution >= 4 is 40.0 Å². The molecule has 57 heavy (non-hydrogen) atoms. The highest BCUT2D eigenvalue weighted by molar-refractivity contribution is 6.04. The van der Waals surface area contributed by atoms with Crippen LogP contribution in [0.4, 0.5) is 65.9 Å². The Labute approximate surface area is 304 Å². The van der Waals surface area contributed by atoms with Crippen LogP contribution in [0, 0.1) is 87.3 Å². The number of ketones is 1. The van der Waals surface area contributed by atoms with Gasteiger partial charge in [0, 0.05) is 44.5 Å². The molecule has 5 nitrogen and oxygen atoms in total. The smallest absolute Gasteiger partial charge is 0.200 e. The van der Waals surface area contributed by atoms with E-state index < -0.39 is 178 Å². The van der Waals surface area contributed by atoms with Gasteiger partial charge >= 0.3 is 0 Å². The maximum absolute atomic E-state index is 15.6. The Kier molecular flexibility index (Phi) is 8.43. The Hall–Kier alpha value is -6.73. The Balaban J connectivity index is 1.66. The summed E-state index contributed by atoms with van der Waals surface area (Å²) >= 11 is 0. The molecule has 0 aliphatic carbocycles. The van der Waals surface area contributed by atoms with Gasteiger partial charge in [0.15, 0.2) is 75.6 Å². The third-order valence-corrected chi connectivity index (χ3v) is 9.17. The minimum absolute atomic E-state index is 0.453. The van der Waals surface area contributed by atoms with Gasteiger partial charge in [0.05, 0.1) is 34.5 Å². The number of benzene rings is 3. The number of hydrogen-bond acceptors (Lipinski definition) is 2. The van der Waals surface area contributed by atoms with E-state index in [-0.39, 0.29) is 0 Å². The number of rotatable bonds is 3. The highest BCUT2D eigenvalue weighted by Gasteiger charge is 2.34. The summed E-state index contributed by atoms with van der Waals surface area (Å²) in [5.74, 6) is -38.2. The fraction of sp³-hybridized carbons (Fsp3) is 0.0270. The molecule has 8 rings (SSSR count). The lowest BCUT2D eigenvalue weighted by Crippen LogP contribution is -2.06. The van der Waals surface area contributed by atoms with Crippen molar-refractivity contribution in [2.24, 2.45) is 0 Å². The number of nitrogens with zero attached hydrogens (tertiary/aromatic N) is 1. The van der Waals surface area contributed by atoms with Gasteiger partial charge in [-0.3, -0.25) is 4.79 Å². The van der Waals surface area contributed by atoms with Crippen LogP contribution >= 0.6 is 0 Å². The van der Waals surface area contributed by atoms with E-state index in [2.05, 4.69) is 19.9 Å². The summed E-state index contributed by atoms with van der Waals surface area (Å²) in [4.78, 5) is 24.6. The lowest BCUT2D eigenvalue weighted by atomic mass is 10.00. The topological polar surface area (TPSA) is 77.3 Å². The number of aromatic nitrogens is 4. The highest BCUT2D eigenvalue weighted by Crippen LogP contribution is 2.42. The number of carbonyl (C=O) groups excluding carboxylic acids is 1. The first kappa shape index (κ1) is 37.2. The van der Waals surface area contributed by atoms with E-state index >= 15 is 26.3 Å². The predicted molar refractivity (Wildman–Crippen MR) is 170 cm³/mol. The second-order valence-electron chi connectivity index (χ2n) is 12.3. The monoisotopic (exact) mass is 812 g/mol. The van der Waals surface area contributed by atoms with E-state index in [1.165, 1.54) is 0 Å². The van der Waals surface area contributed by atoms with Crippen LogP contribution in [0.2, 0.25) is 0 Å². The Morgan fingerprint density at radius 3 is 1.11 bits per heavy atom. The van der Waals surface area contributed by atoms with Gasteiger partial charge in [0.2, 0.25) is 17.5 Å². The molecule has 0 unspecified atom stereocenters. The van der Waals surface area contributed by atoms with Crippen molar-refractivity contribution in [3.8, 4) is 33.4 Å². The molecule has 0 saturated carbocycles. The molecule has 3 aromatic carbocycles. The Morgan fingerprint density at radius 2 is 0.684 bits per heavy atom. The quantitative estimate of drug-likeness (QED) is 0.0944. The molecule has 290 valence electrons.